The van der Waals surface area contributed by atoms with Gasteiger partial charge < -0.3 is 5.73 Å². The molecule has 98 valence electrons. The molecule has 3 nitrogen and oxygen atoms in total. The minimum atomic E-state index is 0.585. The van der Waals surface area contributed by atoms with Crippen molar-refractivity contribution in [3.63, 3.8) is 0 Å². The maximum Gasteiger partial charge on any atom is 0.0624 e. The van der Waals surface area contributed by atoms with Gasteiger partial charge in [-0.2, -0.15) is 5.10 Å². The zero-order chi connectivity index (χ0) is 12.8. The van der Waals surface area contributed by atoms with Crippen molar-refractivity contribution in [3.8, 4) is 0 Å². The van der Waals surface area contributed by atoms with Crippen LogP contribution < -0.4 is 5.73 Å². The highest BCUT2D eigenvalue weighted by atomic mass is 15.3. The quantitative estimate of drug-likeness (QED) is 0.792. The summed E-state index contributed by atoms with van der Waals surface area (Å²) in [6.07, 6.45) is 3.28. The second kappa shape index (κ2) is 6.80. The van der Waals surface area contributed by atoms with Crippen molar-refractivity contribution in [1.29, 1.82) is 0 Å². The number of hydrogen-bond acceptors (Lipinski definition) is 2. The van der Waals surface area contributed by atoms with Gasteiger partial charge in [0.2, 0.25) is 0 Å². The first kappa shape index (κ1) is 14.2. The van der Waals surface area contributed by atoms with E-state index in [0.29, 0.717) is 11.8 Å². The van der Waals surface area contributed by atoms with Crippen LogP contribution in [0.4, 0.5) is 0 Å². The Labute approximate surface area is 105 Å². The first-order valence-corrected chi connectivity index (χ1v) is 6.86. The fraction of sp³-hybridized carbons (Fsp3) is 0.786. The van der Waals surface area contributed by atoms with E-state index in [-0.39, 0.29) is 0 Å². The molecule has 17 heavy (non-hydrogen) atoms. The molecule has 0 spiro atoms. The highest BCUT2D eigenvalue weighted by Crippen LogP contribution is 2.17. The van der Waals surface area contributed by atoms with Gasteiger partial charge in [-0.1, -0.05) is 20.8 Å². The van der Waals surface area contributed by atoms with E-state index in [0.717, 1.165) is 25.9 Å². The van der Waals surface area contributed by atoms with E-state index < -0.39 is 0 Å². The number of hydrogen-bond donors (Lipinski definition) is 1. The molecule has 1 unspecified atom stereocenters. The molecule has 0 aliphatic carbocycles. The molecular weight excluding hydrogens is 210 g/mol. The van der Waals surface area contributed by atoms with Crippen molar-refractivity contribution in [2.75, 3.05) is 6.54 Å². The first-order chi connectivity index (χ1) is 8.10. The largest absolute Gasteiger partial charge is 0.330 e. The summed E-state index contributed by atoms with van der Waals surface area (Å²) in [6, 6.07) is 2.24. The molecule has 1 heterocycles. The van der Waals surface area contributed by atoms with Crippen LogP contribution in [0.25, 0.3) is 0 Å². The Bertz CT molecular complexity index is 328. The SMILES string of the molecule is CCc1cc(CC(CN)CC(C)C)n(CC)n1. The minimum Gasteiger partial charge on any atom is -0.330 e. The third-order valence-electron chi connectivity index (χ3n) is 3.21. The van der Waals surface area contributed by atoms with Crippen LogP contribution >= 0.6 is 0 Å². The van der Waals surface area contributed by atoms with E-state index in [4.69, 9.17) is 5.73 Å². The lowest BCUT2D eigenvalue weighted by Crippen LogP contribution is -2.20. The van der Waals surface area contributed by atoms with Gasteiger partial charge in [0, 0.05) is 12.2 Å². The van der Waals surface area contributed by atoms with Crippen LogP contribution in [0, 0.1) is 11.8 Å². The second-order valence-electron chi connectivity index (χ2n) is 5.23. The van der Waals surface area contributed by atoms with E-state index in [1.165, 1.54) is 17.8 Å². The van der Waals surface area contributed by atoms with Gasteiger partial charge in [-0.05, 0) is 50.6 Å². The van der Waals surface area contributed by atoms with E-state index >= 15 is 0 Å². The lowest BCUT2D eigenvalue weighted by atomic mass is 9.93. The summed E-state index contributed by atoms with van der Waals surface area (Å²) < 4.78 is 2.13. The molecule has 0 radical (unpaired) electrons. The summed E-state index contributed by atoms with van der Waals surface area (Å²) in [6.45, 7) is 10.5. The van der Waals surface area contributed by atoms with Gasteiger partial charge in [0.05, 0.1) is 5.69 Å². The summed E-state index contributed by atoms with van der Waals surface area (Å²) in [5.41, 5.74) is 8.41. The molecule has 0 aromatic carbocycles. The Kier molecular flexibility index (Phi) is 5.69. The standard InChI is InChI=1S/C14H27N3/c1-5-13-9-14(17(6-2)16-13)8-12(10-15)7-11(3)4/h9,11-12H,5-8,10,15H2,1-4H3. The molecule has 0 fully saturated rings. The summed E-state index contributed by atoms with van der Waals surface area (Å²) >= 11 is 0. The highest BCUT2D eigenvalue weighted by molar-refractivity contribution is 5.11. The van der Waals surface area contributed by atoms with Gasteiger partial charge >= 0.3 is 0 Å². The summed E-state index contributed by atoms with van der Waals surface area (Å²) in [7, 11) is 0. The highest BCUT2D eigenvalue weighted by Gasteiger charge is 2.14. The predicted octanol–water partition coefficient (Wildman–Crippen LogP) is 2.63. The molecule has 0 saturated heterocycles. The number of rotatable bonds is 7. The molecular formula is C14H27N3. The topological polar surface area (TPSA) is 43.8 Å². The lowest BCUT2D eigenvalue weighted by Gasteiger charge is -2.17. The van der Waals surface area contributed by atoms with Gasteiger partial charge in [0.1, 0.15) is 0 Å². The number of aromatic nitrogens is 2. The van der Waals surface area contributed by atoms with Crippen molar-refractivity contribution in [2.24, 2.45) is 17.6 Å². The summed E-state index contributed by atoms with van der Waals surface area (Å²) in [5, 5.41) is 4.59. The van der Waals surface area contributed by atoms with Gasteiger partial charge in [-0.15, -0.1) is 0 Å². The van der Waals surface area contributed by atoms with Crippen LogP contribution in [0.2, 0.25) is 0 Å². The zero-order valence-corrected chi connectivity index (χ0v) is 11.7. The van der Waals surface area contributed by atoms with Crippen LogP contribution in [-0.4, -0.2) is 16.3 Å². The normalized spacial score (nSPS) is 13.3. The molecule has 0 aliphatic heterocycles. The smallest absolute Gasteiger partial charge is 0.0624 e. The second-order valence-corrected chi connectivity index (χ2v) is 5.23. The van der Waals surface area contributed by atoms with Gasteiger partial charge in [0.25, 0.3) is 0 Å². The van der Waals surface area contributed by atoms with E-state index in [1.807, 2.05) is 0 Å². The molecule has 1 aromatic heterocycles. The van der Waals surface area contributed by atoms with Crippen LogP contribution in [-0.2, 0) is 19.4 Å². The number of aryl methyl sites for hydroxylation is 2. The Balaban J connectivity index is 2.73. The van der Waals surface area contributed by atoms with Crippen molar-refractivity contribution in [2.45, 2.75) is 53.5 Å². The van der Waals surface area contributed by atoms with Crippen LogP contribution in [0.15, 0.2) is 6.07 Å². The van der Waals surface area contributed by atoms with Gasteiger partial charge in [0.15, 0.2) is 0 Å². The van der Waals surface area contributed by atoms with Crippen LogP contribution in [0.3, 0.4) is 0 Å². The Morgan fingerprint density at radius 2 is 2.06 bits per heavy atom. The maximum absolute atomic E-state index is 5.87. The fourth-order valence-electron chi connectivity index (χ4n) is 2.35. The molecule has 1 atom stereocenters. The minimum absolute atomic E-state index is 0.585. The average Bonchev–Trinajstić information content (AvgIpc) is 2.69. The Morgan fingerprint density at radius 1 is 1.35 bits per heavy atom. The van der Waals surface area contributed by atoms with Crippen molar-refractivity contribution in [1.82, 2.24) is 9.78 Å². The third kappa shape index (κ3) is 4.15. The summed E-state index contributed by atoms with van der Waals surface area (Å²) in [5.74, 6) is 1.30. The number of nitrogens with zero attached hydrogens (tertiary/aromatic N) is 2. The van der Waals surface area contributed by atoms with Crippen molar-refractivity contribution < 1.29 is 0 Å². The molecule has 0 bridgehead atoms. The van der Waals surface area contributed by atoms with Crippen LogP contribution in [0.5, 0.6) is 0 Å². The molecule has 0 saturated carbocycles. The van der Waals surface area contributed by atoms with Gasteiger partial charge in [-0.25, -0.2) is 0 Å². The molecule has 1 aromatic rings. The van der Waals surface area contributed by atoms with Crippen molar-refractivity contribution in [3.05, 3.63) is 17.5 Å². The Hall–Kier alpha value is -0.830. The van der Waals surface area contributed by atoms with Gasteiger partial charge in [-0.3, -0.25) is 4.68 Å². The number of nitrogens with two attached hydrogens (primary N) is 1. The molecule has 0 amide bonds. The molecule has 3 heteroatoms. The maximum atomic E-state index is 5.87. The van der Waals surface area contributed by atoms with Crippen LogP contribution in [0.1, 0.15) is 45.5 Å². The zero-order valence-electron chi connectivity index (χ0n) is 11.7. The first-order valence-electron chi connectivity index (χ1n) is 6.86. The predicted molar refractivity (Wildman–Crippen MR) is 73.0 cm³/mol. The molecule has 0 aliphatic rings. The van der Waals surface area contributed by atoms with E-state index in [2.05, 4.69) is 43.5 Å². The van der Waals surface area contributed by atoms with E-state index in [9.17, 15) is 0 Å². The fourth-order valence-corrected chi connectivity index (χ4v) is 2.35. The van der Waals surface area contributed by atoms with E-state index in [1.54, 1.807) is 0 Å². The molecule has 1 rings (SSSR count). The summed E-state index contributed by atoms with van der Waals surface area (Å²) in [4.78, 5) is 0. The lowest BCUT2D eigenvalue weighted by molar-refractivity contribution is 0.404. The third-order valence-corrected chi connectivity index (χ3v) is 3.21. The monoisotopic (exact) mass is 237 g/mol. The Morgan fingerprint density at radius 3 is 2.53 bits per heavy atom. The average molecular weight is 237 g/mol. The molecule has 2 N–H and O–H groups in total. The van der Waals surface area contributed by atoms with Crippen molar-refractivity contribution >= 4 is 0 Å².